The molecule has 0 aliphatic rings. The van der Waals surface area contributed by atoms with Crippen molar-refractivity contribution in [1.82, 2.24) is 10.2 Å². The van der Waals surface area contributed by atoms with Crippen LogP contribution in [0.2, 0.25) is 0 Å². The van der Waals surface area contributed by atoms with Gasteiger partial charge in [-0.3, -0.25) is 24.0 Å². The number of nitro groups is 1. The van der Waals surface area contributed by atoms with E-state index >= 15 is 0 Å². The van der Waals surface area contributed by atoms with Crippen LogP contribution in [0.5, 0.6) is 5.75 Å². The first-order valence-electron chi connectivity index (χ1n) is 10.4. The summed E-state index contributed by atoms with van der Waals surface area (Å²) in [7, 11) is -2.48. The molecular weight excluding hydrogens is 464 g/mol. The molecule has 12 heteroatoms. The van der Waals surface area contributed by atoms with E-state index in [-0.39, 0.29) is 17.9 Å². The molecule has 184 valence electrons. The molecule has 11 nitrogen and oxygen atoms in total. The van der Waals surface area contributed by atoms with Gasteiger partial charge in [0.15, 0.2) is 0 Å². The highest BCUT2D eigenvalue weighted by Gasteiger charge is 2.30. The van der Waals surface area contributed by atoms with E-state index in [0.717, 1.165) is 16.6 Å². The second-order valence-corrected chi connectivity index (χ2v) is 9.40. The van der Waals surface area contributed by atoms with Gasteiger partial charge in [-0.05, 0) is 37.6 Å². The quantitative estimate of drug-likeness (QED) is 0.373. The van der Waals surface area contributed by atoms with Gasteiger partial charge in [0.1, 0.15) is 18.3 Å². The number of nitrogens with zero attached hydrogens (tertiary/aromatic N) is 3. The van der Waals surface area contributed by atoms with Crippen LogP contribution in [0.15, 0.2) is 48.5 Å². The molecule has 0 unspecified atom stereocenters. The minimum Gasteiger partial charge on any atom is -0.497 e. The molecule has 0 bridgehead atoms. The van der Waals surface area contributed by atoms with Crippen molar-refractivity contribution in [2.24, 2.45) is 0 Å². The number of carbonyl (C=O) groups is 2. The second kappa shape index (κ2) is 11.5. The Bertz CT molecular complexity index is 1150. The summed E-state index contributed by atoms with van der Waals surface area (Å²) in [5.41, 5.74) is 0.324. The lowest BCUT2D eigenvalue weighted by atomic mass is 10.1. The molecule has 34 heavy (non-hydrogen) atoms. The number of benzene rings is 2. The van der Waals surface area contributed by atoms with Gasteiger partial charge >= 0.3 is 0 Å². The smallest absolute Gasteiger partial charge is 0.271 e. The molecule has 0 fully saturated rings. The first-order chi connectivity index (χ1) is 16.0. The van der Waals surface area contributed by atoms with E-state index in [4.69, 9.17) is 4.74 Å². The van der Waals surface area contributed by atoms with Gasteiger partial charge in [-0.15, -0.1) is 0 Å². The number of anilines is 1. The minimum atomic E-state index is -3.99. The van der Waals surface area contributed by atoms with Gasteiger partial charge in [0.25, 0.3) is 5.69 Å². The van der Waals surface area contributed by atoms with Gasteiger partial charge in [-0.1, -0.05) is 18.2 Å². The van der Waals surface area contributed by atoms with Crippen molar-refractivity contribution >= 4 is 33.2 Å². The number of hydrogen-bond acceptors (Lipinski definition) is 7. The zero-order valence-corrected chi connectivity index (χ0v) is 20.2. The second-order valence-electron chi connectivity index (χ2n) is 7.49. The first-order valence-corrected chi connectivity index (χ1v) is 12.2. The molecule has 2 aromatic rings. The van der Waals surface area contributed by atoms with Crippen LogP contribution in [-0.4, -0.2) is 62.6 Å². The average Bonchev–Trinajstić information content (AvgIpc) is 2.80. The van der Waals surface area contributed by atoms with E-state index in [1.807, 2.05) is 0 Å². The minimum absolute atomic E-state index is 0.0148. The number of ether oxygens (including phenoxy) is 1. The van der Waals surface area contributed by atoms with E-state index in [9.17, 15) is 28.1 Å². The Hall–Kier alpha value is -3.67. The predicted octanol–water partition coefficient (Wildman–Crippen LogP) is 1.92. The summed E-state index contributed by atoms with van der Waals surface area (Å²) in [5, 5.41) is 13.8. The van der Waals surface area contributed by atoms with E-state index in [1.165, 1.54) is 30.2 Å². The van der Waals surface area contributed by atoms with Gasteiger partial charge in [-0.2, -0.15) is 0 Å². The standard InChI is InChI=1S/C22H28N4O7S/c1-5-23-22(28)16(2)24(14-17-8-6-11-20(12-17)33-3)21(27)15-25(34(4,31)32)18-9-7-10-19(13-18)26(29)30/h6-13,16H,5,14-15H2,1-4H3,(H,23,28)/t16-/m0/s1. The lowest BCUT2D eigenvalue weighted by Crippen LogP contribution is -2.51. The number of non-ortho nitro benzene ring substituents is 1. The topological polar surface area (TPSA) is 139 Å². The molecule has 1 atom stereocenters. The third-order valence-corrected chi connectivity index (χ3v) is 6.15. The highest BCUT2D eigenvalue weighted by atomic mass is 32.2. The van der Waals surface area contributed by atoms with E-state index in [1.54, 1.807) is 38.1 Å². The number of sulfonamides is 1. The van der Waals surface area contributed by atoms with Crippen LogP contribution < -0.4 is 14.4 Å². The summed E-state index contributed by atoms with van der Waals surface area (Å²) in [6.45, 7) is 3.01. The van der Waals surface area contributed by atoms with Gasteiger partial charge in [0.05, 0.1) is 24.0 Å². The number of nitro benzene ring substituents is 1. The maximum atomic E-state index is 13.4. The Morgan fingerprint density at radius 1 is 1.18 bits per heavy atom. The number of amides is 2. The Morgan fingerprint density at radius 2 is 1.85 bits per heavy atom. The zero-order chi connectivity index (χ0) is 25.5. The van der Waals surface area contributed by atoms with Gasteiger partial charge in [0, 0.05) is 25.2 Å². The molecule has 2 aromatic carbocycles. The molecule has 0 saturated heterocycles. The molecule has 2 amide bonds. The number of nitrogens with one attached hydrogen (secondary N) is 1. The molecule has 2 rings (SSSR count). The van der Waals surface area contributed by atoms with Crippen molar-refractivity contribution in [3.63, 3.8) is 0 Å². The molecule has 0 spiro atoms. The van der Waals surface area contributed by atoms with E-state index < -0.39 is 39.3 Å². The number of methoxy groups -OCH3 is 1. The van der Waals surface area contributed by atoms with Crippen LogP contribution in [0, 0.1) is 10.1 Å². The molecule has 0 aromatic heterocycles. The third-order valence-electron chi connectivity index (χ3n) is 5.01. The number of carbonyl (C=O) groups excluding carboxylic acids is 2. The lowest BCUT2D eigenvalue weighted by Gasteiger charge is -2.31. The summed E-state index contributed by atoms with van der Waals surface area (Å²) in [6.07, 6.45) is 0.902. The maximum absolute atomic E-state index is 13.4. The summed E-state index contributed by atoms with van der Waals surface area (Å²) < 4.78 is 31.0. The van der Waals surface area contributed by atoms with Crippen LogP contribution in [0.1, 0.15) is 19.4 Å². The SMILES string of the molecule is CCNC(=O)[C@H](C)N(Cc1cccc(OC)c1)C(=O)CN(c1cccc([N+](=O)[O-])c1)S(C)(=O)=O. The highest BCUT2D eigenvalue weighted by Crippen LogP contribution is 2.24. The van der Waals surface area contributed by atoms with Crippen LogP contribution in [0.4, 0.5) is 11.4 Å². The Balaban J connectivity index is 2.43. The molecule has 0 heterocycles. The van der Waals surface area contributed by atoms with E-state index in [2.05, 4.69) is 5.32 Å². The van der Waals surface area contributed by atoms with Crippen molar-refractivity contribution in [1.29, 1.82) is 0 Å². The normalized spacial score (nSPS) is 11.9. The molecule has 0 aliphatic heterocycles. The zero-order valence-electron chi connectivity index (χ0n) is 19.4. The monoisotopic (exact) mass is 492 g/mol. The van der Waals surface area contributed by atoms with Crippen LogP contribution in [0.25, 0.3) is 0 Å². The Labute approximate surface area is 198 Å². The van der Waals surface area contributed by atoms with Crippen molar-refractivity contribution in [2.75, 3.05) is 30.8 Å². The Kier molecular flexibility index (Phi) is 8.96. The number of likely N-dealkylation sites (N-methyl/N-ethyl adjacent to an activating group) is 1. The fraction of sp³-hybridized carbons (Fsp3) is 0.364. The molecule has 1 N–H and O–H groups in total. The fourth-order valence-electron chi connectivity index (χ4n) is 3.25. The van der Waals surface area contributed by atoms with Gasteiger partial charge in [-0.25, -0.2) is 8.42 Å². The van der Waals surface area contributed by atoms with Crippen molar-refractivity contribution in [3.8, 4) is 5.75 Å². The summed E-state index contributed by atoms with van der Waals surface area (Å²) >= 11 is 0. The molecule has 0 aliphatic carbocycles. The van der Waals surface area contributed by atoms with Gasteiger partial charge < -0.3 is 15.0 Å². The number of rotatable bonds is 11. The van der Waals surface area contributed by atoms with Crippen LogP contribution in [0.3, 0.4) is 0 Å². The fourth-order valence-corrected chi connectivity index (χ4v) is 4.09. The van der Waals surface area contributed by atoms with Crippen LogP contribution in [-0.2, 0) is 26.2 Å². The Morgan fingerprint density at radius 3 is 2.44 bits per heavy atom. The lowest BCUT2D eigenvalue weighted by molar-refractivity contribution is -0.384. The van der Waals surface area contributed by atoms with Crippen molar-refractivity contribution < 1.29 is 27.7 Å². The van der Waals surface area contributed by atoms with E-state index in [0.29, 0.717) is 17.9 Å². The summed E-state index contributed by atoms with van der Waals surface area (Å²) in [6, 6.07) is 11.0. The summed E-state index contributed by atoms with van der Waals surface area (Å²) in [4.78, 5) is 37.7. The molecule has 0 radical (unpaired) electrons. The maximum Gasteiger partial charge on any atom is 0.271 e. The predicted molar refractivity (Wildman–Crippen MR) is 127 cm³/mol. The highest BCUT2D eigenvalue weighted by molar-refractivity contribution is 7.92. The third kappa shape index (κ3) is 6.91. The first kappa shape index (κ1) is 26.6. The number of hydrogen-bond donors (Lipinski definition) is 1. The van der Waals surface area contributed by atoms with Crippen molar-refractivity contribution in [2.45, 2.75) is 26.4 Å². The molecular formula is C22H28N4O7S. The average molecular weight is 493 g/mol. The largest absolute Gasteiger partial charge is 0.497 e. The summed E-state index contributed by atoms with van der Waals surface area (Å²) in [5.74, 6) is -0.497. The van der Waals surface area contributed by atoms with Gasteiger partial charge in [0.2, 0.25) is 21.8 Å². The van der Waals surface area contributed by atoms with Crippen molar-refractivity contribution in [3.05, 3.63) is 64.2 Å². The van der Waals surface area contributed by atoms with Crippen LogP contribution >= 0.6 is 0 Å². The molecule has 0 saturated carbocycles.